The fraction of sp³-hybridized carbons (Fsp3) is 0.500. The Morgan fingerprint density at radius 2 is 2.05 bits per heavy atom. The molecule has 1 aromatic carbocycles. The lowest BCUT2D eigenvalue weighted by atomic mass is 9.99. The van der Waals surface area contributed by atoms with Gasteiger partial charge >= 0.3 is 0 Å². The van der Waals surface area contributed by atoms with Gasteiger partial charge in [0.25, 0.3) is 0 Å². The van der Waals surface area contributed by atoms with Gasteiger partial charge in [-0.1, -0.05) is 23.2 Å². The van der Waals surface area contributed by atoms with Crippen LogP contribution in [0.5, 0.6) is 5.75 Å². The molecule has 2 rings (SSSR count). The van der Waals surface area contributed by atoms with E-state index in [4.69, 9.17) is 33.2 Å². The molecule has 1 saturated heterocycles. The predicted octanol–water partition coefficient (Wildman–Crippen LogP) is 3.61. The number of rotatable bonds is 4. The highest BCUT2D eigenvalue weighted by Crippen LogP contribution is 2.27. The number of ether oxygens (including phenoxy) is 1. The van der Waals surface area contributed by atoms with Gasteiger partial charge in [-0.25, -0.2) is 0 Å². The number of halogens is 2. The Balaban J connectivity index is 1.75. The molecule has 0 atom stereocenters. The Hall–Kier alpha value is -0.950. The number of hydrogen-bond donors (Lipinski definition) is 0. The molecule has 1 fully saturated rings. The number of nitrogens with zero attached hydrogens (tertiary/aromatic N) is 2. The molecule has 1 aromatic rings. The molecule has 1 heterocycles. The van der Waals surface area contributed by atoms with E-state index in [1.54, 1.807) is 18.2 Å². The highest BCUT2D eigenvalue weighted by molar-refractivity contribution is 6.34. The predicted molar refractivity (Wildman–Crippen MR) is 76.7 cm³/mol. The Bertz CT molecular complexity index is 465. The van der Waals surface area contributed by atoms with Crippen LogP contribution in [0.2, 0.25) is 10.0 Å². The summed E-state index contributed by atoms with van der Waals surface area (Å²) >= 11 is 11.9. The van der Waals surface area contributed by atoms with E-state index in [2.05, 4.69) is 11.0 Å². The number of benzene rings is 1. The molecular weight excluding hydrogens is 283 g/mol. The quantitative estimate of drug-likeness (QED) is 0.852. The SMILES string of the molecule is N#CC1CCN(CCOc2cc(Cl)ccc2Cl)CC1. The van der Waals surface area contributed by atoms with Crippen LogP contribution in [0.4, 0.5) is 0 Å². The van der Waals surface area contributed by atoms with Gasteiger partial charge in [-0.3, -0.25) is 4.90 Å². The molecule has 1 aliphatic heterocycles. The minimum absolute atomic E-state index is 0.222. The van der Waals surface area contributed by atoms with Gasteiger partial charge in [-0.2, -0.15) is 5.26 Å². The van der Waals surface area contributed by atoms with Crippen molar-refractivity contribution >= 4 is 23.2 Å². The zero-order chi connectivity index (χ0) is 13.7. The minimum atomic E-state index is 0.222. The van der Waals surface area contributed by atoms with E-state index >= 15 is 0 Å². The lowest BCUT2D eigenvalue weighted by Crippen LogP contribution is -2.36. The molecule has 0 saturated carbocycles. The van der Waals surface area contributed by atoms with Crippen molar-refractivity contribution in [1.82, 2.24) is 4.90 Å². The van der Waals surface area contributed by atoms with Gasteiger partial charge in [0.2, 0.25) is 0 Å². The van der Waals surface area contributed by atoms with Gasteiger partial charge in [-0.05, 0) is 38.1 Å². The van der Waals surface area contributed by atoms with Crippen molar-refractivity contribution in [1.29, 1.82) is 5.26 Å². The molecule has 19 heavy (non-hydrogen) atoms. The van der Waals surface area contributed by atoms with Crippen LogP contribution in [0.25, 0.3) is 0 Å². The summed E-state index contributed by atoms with van der Waals surface area (Å²) in [4.78, 5) is 2.31. The zero-order valence-electron chi connectivity index (χ0n) is 10.6. The Labute approximate surface area is 123 Å². The summed E-state index contributed by atoms with van der Waals surface area (Å²) in [5.41, 5.74) is 0. The maximum atomic E-state index is 8.84. The first-order valence-corrected chi connectivity index (χ1v) is 7.14. The highest BCUT2D eigenvalue weighted by Gasteiger charge is 2.18. The van der Waals surface area contributed by atoms with Gasteiger partial charge in [0.1, 0.15) is 12.4 Å². The van der Waals surface area contributed by atoms with Gasteiger partial charge in [0.15, 0.2) is 0 Å². The van der Waals surface area contributed by atoms with Gasteiger partial charge in [-0.15, -0.1) is 0 Å². The molecule has 0 radical (unpaired) electrons. The maximum Gasteiger partial charge on any atom is 0.139 e. The van der Waals surface area contributed by atoms with Crippen molar-refractivity contribution in [2.24, 2.45) is 5.92 Å². The molecule has 5 heteroatoms. The van der Waals surface area contributed by atoms with Gasteiger partial charge < -0.3 is 4.74 Å². The van der Waals surface area contributed by atoms with E-state index in [-0.39, 0.29) is 5.92 Å². The molecule has 0 bridgehead atoms. The van der Waals surface area contributed by atoms with Crippen LogP contribution in [0, 0.1) is 17.2 Å². The smallest absolute Gasteiger partial charge is 0.139 e. The standard InChI is InChI=1S/C14H16Cl2N2O/c15-12-1-2-13(16)14(9-12)19-8-7-18-5-3-11(10-17)4-6-18/h1-2,9,11H,3-8H2. The van der Waals surface area contributed by atoms with E-state index < -0.39 is 0 Å². The summed E-state index contributed by atoms with van der Waals surface area (Å²) in [7, 11) is 0. The highest BCUT2D eigenvalue weighted by atomic mass is 35.5. The monoisotopic (exact) mass is 298 g/mol. The molecule has 0 N–H and O–H groups in total. The molecule has 0 amide bonds. The third-order valence-corrected chi connectivity index (χ3v) is 3.88. The maximum absolute atomic E-state index is 8.84. The first kappa shape index (κ1) is 14.5. The minimum Gasteiger partial charge on any atom is -0.491 e. The normalized spacial score (nSPS) is 17.1. The van der Waals surface area contributed by atoms with Crippen molar-refractivity contribution in [2.75, 3.05) is 26.2 Å². The average molecular weight is 299 g/mol. The number of hydrogen-bond acceptors (Lipinski definition) is 3. The van der Waals surface area contributed by atoms with E-state index in [9.17, 15) is 0 Å². The third kappa shape index (κ3) is 4.28. The van der Waals surface area contributed by atoms with Gasteiger partial charge in [0, 0.05) is 23.6 Å². The van der Waals surface area contributed by atoms with Crippen molar-refractivity contribution in [3.63, 3.8) is 0 Å². The van der Waals surface area contributed by atoms with E-state index in [1.807, 2.05) is 0 Å². The average Bonchev–Trinajstić information content (AvgIpc) is 2.43. The van der Waals surface area contributed by atoms with Crippen molar-refractivity contribution in [3.8, 4) is 11.8 Å². The summed E-state index contributed by atoms with van der Waals surface area (Å²) in [6.45, 7) is 3.36. The Morgan fingerprint density at radius 3 is 2.74 bits per heavy atom. The first-order chi connectivity index (χ1) is 9.19. The van der Waals surface area contributed by atoms with Crippen LogP contribution in [0.1, 0.15) is 12.8 Å². The summed E-state index contributed by atoms with van der Waals surface area (Å²) in [5.74, 6) is 0.848. The fourth-order valence-corrected chi connectivity index (χ4v) is 2.49. The van der Waals surface area contributed by atoms with E-state index in [0.29, 0.717) is 22.4 Å². The van der Waals surface area contributed by atoms with Crippen LogP contribution in [-0.2, 0) is 0 Å². The first-order valence-electron chi connectivity index (χ1n) is 6.39. The topological polar surface area (TPSA) is 36.3 Å². The number of piperidine rings is 1. The molecule has 0 unspecified atom stereocenters. The van der Waals surface area contributed by atoms with E-state index in [0.717, 1.165) is 32.5 Å². The fourth-order valence-electron chi connectivity index (χ4n) is 2.16. The summed E-state index contributed by atoms with van der Waals surface area (Å²) in [5, 5.41) is 10.0. The third-order valence-electron chi connectivity index (χ3n) is 3.33. The second kappa shape index (κ2) is 7.00. The van der Waals surface area contributed by atoms with Crippen LogP contribution in [0.3, 0.4) is 0 Å². The van der Waals surface area contributed by atoms with Crippen LogP contribution in [0.15, 0.2) is 18.2 Å². The Morgan fingerprint density at radius 1 is 1.32 bits per heavy atom. The lowest BCUT2D eigenvalue weighted by Gasteiger charge is -2.28. The summed E-state index contributed by atoms with van der Waals surface area (Å²) in [6, 6.07) is 7.53. The summed E-state index contributed by atoms with van der Waals surface area (Å²) < 4.78 is 5.65. The second-order valence-electron chi connectivity index (χ2n) is 4.67. The molecular formula is C14H16Cl2N2O. The molecule has 0 spiro atoms. The largest absolute Gasteiger partial charge is 0.491 e. The molecule has 102 valence electrons. The molecule has 0 aromatic heterocycles. The zero-order valence-corrected chi connectivity index (χ0v) is 12.1. The van der Waals surface area contributed by atoms with Crippen LogP contribution < -0.4 is 4.74 Å². The lowest BCUT2D eigenvalue weighted by molar-refractivity contribution is 0.169. The van der Waals surface area contributed by atoms with E-state index in [1.165, 1.54) is 0 Å². The number of likely N-dealkylation sites (tertiary alicyclic amines) is 1. The van der Waals surface area contributed by atoms with Crippen LogP contribution >= 0.6 is 23.2 Å². The molecule has 3 nitrogen and oxygen atoms in total. The molecule has 0 aliphatic carbocycles. The van der Waals surface area contributed by atoms with Gasteiger partial charge in [0.05, 0.1) is 11.1 Å². The summed E-state index contributed by atoms with van der Waals surface area (Å²) in [6.07, 6.45) is 1.91. The molecule has 1 aliphatic rings. The second-order valence-corrected chi connectivity index (χ2v) is 5.51. The van der Waals surface area contributed by atoms with Crippen molar-refractivity contribution in [3.05, 3.63) is 28.2 Å². The van der Waals surface area contributed by atoms with Crippen molar-refractivity contribution < 1.29 is 4.74 Å². The van der Waals surface area contributed by atoms with Crippen molar-refractivity contribution in [2.45, 2.75) is 12.8 Å². The number of nitriles is 1. The van der Waals surface area contributed by atoms with Crippen LogP contribution in [-0.4, -0.2) is 31.1 Å². The Kier molecular flexibility index (Phi) is 5.33.